The van der Waals surface area contributed by atoms with Gasteiger partial charge < -0.3 is 5.32 Å². The van der Waals surface area contributed by atoms with Crippen molar-refractivity contribution in [2.45, 2.75) is 32.1 Å². The first-order valence-corrected chi connectivity index (χ1v) is 5.97. The predicted molar refractivity (Wildman–Crippen MR) is 62.4 cm³/mol. The van der Waals surface area contributed by atoms with Crippen LogP contribution in [0, 0.1) is 0 Å². The molecule has 5 nitrogen and oxygen atoms in total. The molecule has 2 heterocycles. The molecular formula is C12H12F3N3O2. The molecule has 1 fully saturated rings. The summed E-state index contributed by atoms with van der Waals surface area (Å²) in [6, 6.07) is 1.18. The van der Waals surface area contributed by atoms with E-state index in [-0.39, 0.29) is 5.56 Å². The molecule has 1 saturated heterocycles. The fourth-order valence-corrected chi connectivity index (χ4v) is 2.00. The third kappa shape index (κ3) is 2.59. The summed E-state index contributed by atoms with van der Waals surface area (Å²) < 4.78 is 38.4. The highest BCUT2D eigenvalue weighted by Gasteiger charge is 2.40. The second-order valence-corrected chi connectivity index (χ2v) is 4.34. The second-order valence-electron chi connectivity index (χ2n) is 4.34. The third-order valence-corrected chi connectivity index (χ3v) is 3.00. The third-order valence-electron chi connectivity index (χ3n) is 3.00. The molecule has 1 aromatic rings. The number of alkyl halides is 3. The molecule has 0 aliphatic carbocycles. The van der Waals surface area contributed by atoms with Gasteiger partial charge in [0.25, 0.3) is 5.91 Å². The van der Waals surface area contributed by atoms with E-state index in [2.05, 4.69) is 10.3 Å². The van der Waals surface area contributed by atoms with Crippen LogP contribution in [0.25, 0.3) is 0 Å². The molecule has 3 amide bonds. The molecule has 0 radical (unpaired) electrons. The van der Waals surface area contributed by atoms with E-state index in [1.165, 1.54) is 12.1 Å². The standard InChI is InChI=1S/C12H12F3N3O2/c1-2-8-10(19)18(11(20)17-8)6-7-4-3-5-16-9(7)12(13,14)15/h3-5,8H,2,6H2,1H3,(H,17,20). The Morgan fingerprint density at radius 3 is 2.65 bits per heavy atom. The Bertz CT molecular complexity index is 545. The van der Waals surface area contributed by atoms with Crippen molar-refractivity contribution in [1.82, 2.24) is 15.2 Å². The van der Waals surface area contributed by atoms with Gasteiger partial charge in [-0.05, 0) is 12.5 Å². The van der Waals surface area contributed by atoms with Crippen molar-refractivity contribution in [2.75, 3.05) is 0 Å². The highest BCUT2D eigenvalue weighted by Crippen LogP contribution is 2.31. The number of carbonyl (C=O) groups is 2. The topological polar surface area (TPSA) is 62.3 Å². The zero-order valence-electron chi connectivity index (χ0n) is 10.6. The molecule has 1 aromatic heterocycles. The van der Waals surface area contributed by atoms with E-state index in [1.807, 2.05) is 0 Å². The van der Waals surface area contributed by atoms with Crippen LogP contribution in [-0.4, -0.2) is 27.9 Å². The molecule has 0 saturated carbocycles. The molecule has 108 valence electrons. The summed E-state index contributed by atoms with van der Waals surface area (Å²) in [7, 11) is 0. The summed E-state index contributed by atoms with van der Waals surface area (Å²) in [5, 5.41) is 2.42. The SMILES string of the molecule is CCC1NC(=O)N(Cc2cccnc2C(F)(F)F)C1=O. The molecule has 1 N–H and O–H groups in total. The molecule has 2 rings (SSSR count). The van der Waals surface area contributed by atoms with Crippen molar-refractivity contribution in [3.63, 3.8) is 0 Å². The van der Waals surface area contributed by atoms with Crippen LogP contribution < -0.4 is 5.32 Å². The predicted octanol–water partition coefficient (Wildman–Crippen LogP) is 1.93. The lowest BCUT2D eigenvalue weighted by molar-refractivity contribution is -0.142. The van der Waals surface area contributed by atoms with Gasteiger partial charge in [-0.3, -0.25) is 14.7 Å². The number of hydrogen-bond donors (Lipinski definition) is 1. The first-order chi connectivity index (χ1) is 9.34. The fraction of sp³-hybridized carbons (Fsp3) is 0.417. The van der Waals surface area contributed by atoms with E-state index in [9.17, 15) is 22.8 Å². The number of hydrogen-bond acceptors (Lipinski definition) is 3. The molecule has 20 heavy (non-hydrogen) atoms. The van der Waals surface area contributed by atoms with Crippen molar-refractivity contribution >= 4 is 11.9 Å². The number of nitrogens with zero attached hydrogens (tertiary/aromatic N) is 2. The van der Waals surface area contributed by atoms with Gasteiger partial charge >= 0.3 is 12.2 Å². The minimum Gasteiger partial charge on any atom is -0.326 e. The smallest absolute Gasteiger partial charge is 0.326 e. The van der Waals surface area contributed by atoms with E-state index in [0.717, 1.165) is 11.1 Å². The van der Waals surface area contributed by atoms with Crippen molar-refractivity contribution in [3.05, 3.63) is 29.6 Å². The normalized spacial score (nSPS) is 19.4. The summed E-state index contributed by atoms with van der Waals surface area (Å²) in [6.07, 6.45) is -3.21. The van der Waals surface area contributed by atoms with Crippen molar-refractivity contribution in [3.8, 4) is 0 Å². The van der Waals surface area contributed by atoms with Crippen LogP contribution in [0.2, 0.25) is 0 Å². The summed E-state index contributed by atoms with van der Waals surface area (Å²) in [4.78, 5) is 27.5. The van der Waals surface area contributed by atoms with Crippen LogP contribution in [-0.2, 0) is 17.5 Å². The molecule has 1 aliphatic heterocycles. The van der Waals surface area contributed by atoms with E-state index in [0.29, 0.717) is 6.42 Å². The molecule has 0 bridgehead atoms. The van der Waals surface area contributed by atoms with Gasteiger partial charge in [-0.2, -0.15) is 13.2 Å². The first-order valence-electron chi connectivity index (χ1n) is 5.97. The number of rotatable bonds is 3. The molecule has 0 aromatic carbocycles. The Balaban J connectivity index is 2.27. The van der Waals surface area contributed by atoms with Crippen molar-refractivity contribution in [1.29, 1.82) is 0 Å². The molecule has 1 aliphatic rings. The maximum atomic E-state index is 12.8. The van der Waals surface area contributed by atoms with Gasteiger partial charge in [0.1, 0.15) is 11.7 Å². The van der Waals surface area contributed by atoms with E-state index in [4.69, 9.17) is 0 Å². The van der Waals surface area contributed by atoms with Gasteiger partial charge in [0.2, 0.25) is 0 Å². The molecule has 0 spiro atoms. The number of nitrogens with one attached hydrogen (secondary N) is 1. The maximum Gasteiger partial charge on any atom is 0.433 e. The number of aromatic nitrogens is 1. The Labute approximate surface area is 112 Å². The lowest BCUT2D eigenvalue weighted by Crippen LogP contribution is -2.32. The summed E-state index contributed by atoms with van der Waals surface area (Å²) in [5.74, 6) is -0.519. The van der Waals surface area contributed by atoms with Crippen LogP contribution >= 0.6 is 0 Å². The van der Waals surface area contributed by atoms with E-state index in [1.54, 1.807) is 6.92 Å². The number of amides is 3. The monoisotopic (exact) mass is 287 g/mol. The first kappa shape index (κ1) is 14.3. The second kappa shape index (κ2) is 5.10. The van der Waals surface area contributed by atoms with Gasteiger partial charge in [-0.15, -0.1) is 0 Å². The highest BCUT2D eigenvalue weighted by molar-refractivity contribution is 6.04. The summed E-state index contributed by atoms with van der Waals surface area (Å²) in [6.45, 7) is 1.27. The number of urea groups is 1. The number of halogens is 3. The minimum absolute atomic E-state index is 0.208. The lowest BCUT2D eigenvalue weighted by Gasteiger charge is -2.16. The lowest BCUT2D eigenvalue weighted by atomic mass is 10.1. The number of pyridine rings is 1. The van der Waals surface area contributed by atoms with Crippen LogP contribution in [0.5, 0.6) is 0 Å². The Kier molecular flexibility index (Phi) is 3.65. The van der Waals surface area contributed by atoms with E-state index < -0.39 is 36.4 Å². The Morgan fingerprint density at radius 1 is 1.40 bits per heavy atom. The van der Waals surface area contributed by atoms with Gasteiger partial charge in [-0.1, -0.05) is 13.0 Å². The van der Waals surface area contributed by atoms with Crippen LogP contribution in [0.4, 0.5) is 18.0 Å². The number of imide groups is 1. The van der Waals surface area contributed by atoms with E-state index >= 15 is 0 Å². The molecule has 8 heteroatoms. The van der Waals surface area contributed by atoms with Gasteiger partial charge in [0, 0.05) is 11.8 Å². The summed E-state index contributed by atoms with van der Waals surface area (Å²) in [5.41, 5.74) is -1.29. The Morgan fingerprint density at radius 2 is 2.10 bits per heavy atom. The van der Waals surface area contributed by atoms with Crippen LogP contribution in [0.15, 0.2) is 18.3 Å². The zero-order chi connectivity index (χ0) is 14.9. The quantitative estimate of drug-likeness (QED) is 0.864. The van der Waals surface area contributed by atoms with Gasteiger partial charge in [-0.25, -0.2) is 4.79 Å². The van der Waals surface area contributed by atoms with Crippen molar-refractivity contribution in [2.24, 2.45) is 0 Å². The molecule has 1 atom stereocenters. The minimum atomic E-state index is -4.63. The fourth-order valence-electron chi connectivity index (χ4n) is 2.00. The number of carbonyl (C=O) groups excluding carboxylic acids is 2. The van der Waals surface area contributed by atoms with Crippen LogP contribution in [0.3, 0.4) is 0 Å². The average molecular weight is 287 g/mol. The molecular weight excluding hydrogens is 275 g/mol. The zero-order valence-corrected chi connectivity index (χ0v) is 10.6. The maximum absolute atomic E-state index is 12.8. The van der Waals surface area contributed by atoms with Gasteiger partial charge in [0.15, 0.2) is 0 Å². The largest absolute Gasteiger partial charge is 0.433 e. The Hall–Kier alpha value is -2.12. The van der Waals surface area contributed by atoms with Crippen molar-refractivity contribution < 1.29 is 22.8 Å². The average Bonchev–Trinajstić information content (AvgIpc) is 2.65. The summed E-state index contributed by atoms with van der Waals surface area (Å²) >= 11 is 0. The van der Waals surface area contributed by atoms with Crippen LogP contribution in [0.1, 0.15) is 24.6 Å². The highest BCUT2D eigenvalue weighted by atomic mass is 19.4. The molecule has 1 unspecified atom stereocenters. The van der Waals surface area contributed by atoms with Gasteiger partial charge in [0.05, 0.1) is 6.54 Å².